The number of aliphatic hydroxyl groups is 1. The first-order valence-electron chi connectivity index (χ1n) is 6.04. The average Bonchev–Trinajstić information content (AvgIpc) is 3.14. The van der Waals surface area contributed by atoms with Crippen molar-refractivity contribution >= 4 is 49.2 Å². The van der Waals surface area contributed by atoms with Crippen LogP contribution in [0.3, 0.4) is 0 Å². The van der Waals surface area contributed by atoms with Gasteiger partial charge in [0.15, 0.2) is 5.76 Å². The van der Waals surface area contributed by atoms with Crippen molar-refractivity contribution in [1.29, 1.82) is 5.26 Å². The molecule has 2 aromatic heterocycles. The molecule has 0 atom stereocenters. The highest BCUT2D eigenvalue weighted by atomic mass is 32.1. The highest BCUT2D eigenvalue weighted by Gasteiger charge is 2.19. The predicted molar refractivity (Wildman–Crippen MR) is 85.6 cm³/mol. The third-order valence-corrected chi connectivity index (χ3v) is 4.96. The van der Waals surface area contributed by atoms with Crippen molar-refractivity contribution in [3.8, 4) is 6.07 Å². The second-order valence-corrected chi connectivity index (χ2v) is 6.31. The number of thiazole rings is 1. The molecule has 0 unspecified atom stereocenters. The van der Waals surface area contributed by atoms with E-state index in [0.29, 0.717) is 5.01 Å². The van der Waals surface area contributed by atoms with Gasteiger partial charge in [0.05, 0.1) is 20.0 Å². The van der Waals surface area contributed by atoms with Gasteiger partial charge in [-0.3, -0.25) is 10.1 Å². The number of rotatable bonds is 3. The number of hydrogen-bond donors (Lipinski definition) is 1. The van der Waals surface area contributed by atoms with Crippen LogP contribution >= 0.6 is 22.7 Å². The zero-order chi connectivity index (χ0) is 15.7. The van der Waals surface area contributed by atoms with Gasteiger partial charge in [0.2, 0.25) is 0 Å². The first-order chi connectivity index (χ1) is 10.6. The summed E-state index contributed by atoms with van der Waals surface area (Å²) < 4.78 is 0.898. The fourth-order valence-corrected chi connectivity index (χ4v) is 3.59. The van der Waals surface area contributed by atoms with Crippen LogP contribution in [0.15, 0.2) is 36.4 Å². The minimum Gasteiger partial charge on any atom is -0.505 e. The van der Waals surface area contributed by atoms with E-state index in [1.54, 1.807) is 0 Å². The summed E-state index contributed by atoms with van der Waals surface area (Å²) in [6.07, 6.45) is 0. The van der Waals surface area contributed by atoms with E-state index in [1.807, 2.05) is 30.3 Å². The molecule has 0 aliphatic heterocycles. The highest BCUT2D eigenvalue weighted by molar-refractivity contribution is 7.19. The fraction of sp³-hybridized carbons (Fsp3) is 0. The SMILES string of the molecule is N#C/C(=C(/O)c1ccc([N+](=O)[O-])s1)c1nc2ccccc2s1. The van der Waals surface area contributed by atoms with Crippen LogP contribution in [-0.2, 0) is 0 Å². The van der Waals surface area contributed by atoms with Crippen molar-refractivity contribution in [1.82, 2.24) is 4.98 Å². The molecule has 0 radical (unpaired) electrons. The molecule has 2 heterocycles. The standard InChI is InChI=1S/C14H7N3O3S2/c15-7-8(13(18)11-5-6-12(21-11)17(19)20)14-16-9-3-1-2-4-10(9)22-14/h1-6,18H/b13-8-. The van der Waals surface area contributed by atoms with Crippen molar-refractivity contribution in [3.63, 3.8) is 0 Å². The smallest absolute Gasteiger partial charge is 0.324 e. The molecule has 22 heavy (non-hydrogen) atoms. The lowest BCUT2D eigenvalue weighted by molar-refractivity contribution is -0.380. The average molecular weight is 329 g/mol. The summed E-state index contributed by atoms with van der Waals surface area (Å²) in [7, 11) is 0. The van der Waals surface area contributed by atoms with Crippen LogP contribution in [0.2, 0.25) is 0 Å². The Kier molecular flexibility index (Phi) is 3.58. The number of para-hydroxylation sites is 1. The fourth-order valence-electron chi connectivity index (χ4n) is 1.86. The molecular weight excluding hydrogens is 322 g/mol. The minimum absolute atomic E-state index is 0.0120. The quantitative estimate of drug-likeness (QED) is 0.336. The molecule has 3 rings (SSSR count). The molecule has 3 aromatic rings. The number of aliphatic hydroxyl groups excluding tert-OH is 1. The second kappa shape index (κ2) is 5.55. The Morgan fingerprint density at radius 1 is 1.27 bits per heavy atom. The van der Waals surface area contributed by atoms with Crippen molar-refractivity contribution in [2.24, 2.45) is 0 Å². The maximum atomic E-state index is 10.7. The van der Waals surface area contributed by atoms with Gasteiger partial charge in [-0.1, -0.05) is 23.5 Å². The molecule has 0 amide bonds. The lowest BCUT2D eigenvalue weighted by Crippen LogP contribution is -1.87. The van der Waals surface area contributed by atoms with Gasteiger partial charge in [0.25, 0.3) is 0 Å². The molecule has 0 spiro atoms. The Balaban J connectivity index is 2.11. The van der Waals surface area contributed by atoms with Crippen molar-refractivity contribution in [3.05, 3.63) is 56.4 Å². The van der Waals surface area contributed by atoms with Gasteiger partial charge in [-0.15, -0.1) is 11.3 Å². The van der Waals surface area contributed by atoms with Crippen molar-refractivity contribution < 1.29 is 10.0 Å². The Bertz CT molecular complexity index is 917. The molecule has 1 aromatic carbocycles. The first-order valence-corrected chi connectivity index (χ1v) is 7.67. The monoisotopic (exact) mass is 329 g/mol. The topological polar surface area (TPSA) is 100 Å². The van der Waals surface area contributed by atoms with Gasteiger partial charge in [-0.05, 0) is 18.2 Å². The summed E-state index contributed by atoms with van der Waals surface area (Å²) in [5.41, 5.74) is 0.748. The molecule has 108 valence electrons. The molecule has 0 fully saturated rings. The summed E-state index contributed by atoms with van der Waals surface area (Å²) in [5, 5.41) is 30.6. The Hall–Kier alpha value is -2.76. The van der Waals surface area contributed by atoms with E-state index in [-0.39, 0.29) is 21.2 Å². The van der Waals surface area contributed by atoms with E-state index < -0.39 is 4.92 Å². The number of aromatic nitrogens is 1. The molecule has 0 aliphatic rings. The zero-order valence-electron chi connectivity index (χ0n) is 10.9. The van der Waals surface area contributed by atoms with Crippen LogP contribution in [0.5, 0.6) is 0 Å². The number of nitriles is 1. The Labute approximate surface area is 132 Å². The number of benzene rings is 1. The molecular formula is C14H7N3O3S2. The number of fused-ring (bicyclic) bond motifs is 1. The highest BCUT2D eigenvalue weighted by Crippen LogP contribution is 2.34. The Morgan fingerprint density at radius 2 is 2.05 bits per heavy atom. The number of nitro groups is 1. The third-order valence-electron chi connectivity index (χ3n) is 2.86. The normalized spacial score (nSPS) is 12.0. The number of thiophene rings is 1. The number of hydrogen-bond acceptors (Lipinski definition) is 7. The van der Waals surface area contributed by atoms with E-state index in [0.717, 1.165) is 21.6 Å². The van der Waals surface area contributed by atoms with Crippen LogP contribution in [0.1, 0.15) is 9.88 Å². The van der Waals surface area contributed by atoms with Crippen molar-refractivity contribution in [2.75, 3.05) is 0 Å². The molecule has 0 saturated heterocycles. The van der Waals surface area contributed by atoms with Gasteiger partial charge in [-0.2, -0.15) is 5.26 Å². The van der Waals surface area contributed by atoms with Gasteiger partial charge in [0, 0.05) is 6.07 Å². The largest absolute Gasteiger partial charge is 0.505 e. The van der Waals surface area contributed by atoms with Gasteiger partial charge in [-0.25, -0.2) is 4.98 Å². The van der Waals surface area contributed by atoms with E-state index in [9.17, 15) is 20.5 Å². The van der Waals surface area contributed by atoms with Gasteiger partial charge < -0.3 is 5.11 Å². The van der Waals surface area contributed by atoms with Crippen LogP contribution in [0, 0.1) is 21.4 Å². The lowest BCUT2D eigenvalue weighted by atomic mass is 10.2. The van der Waals surface area contributed by atoms with Gasteiger partial charge in [0.1, 0.15) is 16.6 Å². The van der Waals surface area contributed by atoms with Crippen molar-refractivity contribution in [2.45, 2.75) is 0 Å². The molecule has 8 heteroatoms. The summed E-state index contributed by atoms with van der Waals surface area (Å²) >= 11 is 2.10. The van der Waals surface area contributed by atoms with Gasteiger partial charge >= 0.3 is 5.00 Å². The first kappa shape index (κ1) is 14.2. The maximum absolute atomic E-state index is 10.7. The maximum Gasteiger partial charge on any atom is 0.324 e. The van der Waals surface area contributed by atoms with Crippen LogP contribution in [-0.4, -0.2) is 15.0 Å². The summed E-state index contributed by atoms with van der Waals surface area (Å²) in [6, 6.07) is 12.0. The van der Waals surface area contributed by atoms with Crippen LogP contribution < -0.4 is 0 Å². The summed E-state index contributed by atoms with van der Waals surface area (Å²) in [4.78, 5) is 14.8. The minimum atomic E-state index is -0.537. The van der Waals surface area contributed by atoms with E-state index in [1.165, 1.54) is 23.5 Å². The molecule has 6 nitrogen and oxygen atoms in total. The Morgan fingerprint density at radius 3 is 2.68 bits per heavy atom. The summed E-state index contributed by atoms with van der Waals surface area (Å²) in [6.45, 7) is 0. The van der Waals surface area contributed by atoms with Crippen LogP contribution in [0.25, 0.3) is 21.5 Å². The van der Waals surface area contributed by atoms with E-state index in [2.05, 4.69) is 4.98 Å². The summed E-state index contributed by atoms with van der Waals surface area (Å²) in [5.74, 6) is -0.292. The van der Waals surface area contributed by atoms with E-state index in [4.69, 9.17) is 0 Å². The third kappa shape index (κ3) is 2.43. The molecule has 1 N–H and O–H groups in total. The zero-order valence-corrected chi connectivity index (χ0v) is 12.5. The molecule has 0 saturated carbocycles. The number of allylic oxidation sites excluding steroid dienone is 1. The number of nitrogens with zero attached hydrogens (tertiary/aromatic N) is 3. The predicted octanol–water partition coefficient (Wildman–Crippen LogP) is 4.22. The van der Waals surface area contributed by atoms with Crippen LogP contribution in [0.4, 0.5) is 5.00 Å². The lowest BCUT2D eigenvalue weighted by Gasteiger charge is -1.97. The molecule has 0 aliphatic carbocycles. The molecule has 0 bridgehead atoms. The second-order valence-electron chi connectivity index (χ2n) is 4.22. The van der Waals surface area contributed by atoms with E-state index >= 15 is 0 Å².